The molecule has 0 aliphatic rings. The fraction of sp³-hybridized carbons (Fsp3) is 0.231. The molecule has 6 nitrogen and oxygen atoms in total. The van der Waals surface area contributed by atoms with Gasteiger partial charge in [0.15, 0.2) is 5.76 Å². The summed E-state index contributed by atoms with van der Waals surface area (Å²) in [6.45, 7) is 1.94. The summed E-state index contributed by atoms with van der Waals surface area (Å²) in [5, 5.41) is 0. The second-order valence-corrected chi connectivity index (χ2v) is 4.00. The maximum absolute atomic E-state index is 5.38. The molecule has 3 heterocycles. The third-order valence-electron chi connectivity index (χ3n) is 2.94. The van der Waals surface area contributed by atoms with Crippen LogP contribution >= 0.6 is 0 Å². The molecule has 0 saturated carbocycles. The number of fused-ring (bicyclic) bond motifs is 1. The molecule has 0 aromatic carbocycles. The van der Waals surface area contributed by atoms with Crippen LogP contribution in [0.5, 0.6) is 11.8 Å². The Balaban J connectivity index is 2.31. The van der Waals surface area contributed by atoms with E-state index in [1.807, 2.05) is 23.5 Å². The molecule has 6 heteroatoms. The molecule has 0 bridgehead atoms. The second-order valence-electron chi connectivity index (χ2n) is 4.00. The molecule has 3 rings (SSSR count). The molecule has 19 heavy (non-hydrogen) atoms. The SMILES string of the molecule is COc1cc(OC)n2c(C)c(-c3ccco3)nc2n1. The molecule has 0 amide bonds. The molecular formula is C13H13N3O3. The van der Waals surface area contributed by atoms with E-state index < -0.39 is 0 Å². The van der Waals surface area contributed by atoms with Gasteiger partial charge in [-0.1, -0.05) is 0 Å². The summed E-state index contributed by atoms with van der Waals surface area (Å²) in [5.41, 5.74) is 1.64. The number of aromatic nitrogens is 3. The van der Waals surface area contributed by atoms with Crippen molar-refractivity contribution in [2.24, 2.45) is 0 Å². The summed E-state index contributed by atoms with van der Waals surface area (Å²) < 4.78 is 17.7. The van der Waals surface area contributed by atoms with Gasteiger partial charge in [-0.2, -0.15) is 4.98 Å². The van der Waals surface area contributed by atoms with E-state index in [1.54, 1.807) is 26.5 Å². The second kappa shape index (κ2) is 4.31. The van der Waals surface area contributed by atoms with Gasteiger partial charge in [0.05, 0.1) is 32.2 Å². The smallest absolute Gasteiger partial charge is 0.240 e. The zero-order chi connectivity index (χ0) is 13.4. The van der Waals surface area contributed by atoms with Crippen LogP contribution in [0.15, 0.2) is 28.9 Å². The van der Waals surface area contributed by atoms with Crippen molar-refractivity contribution >= 4 is 5.78 Å². The predicted octanol–water partition coefficient (Wildman–Crippen LogP) is 2.31. The summed E-state index contributed by atoms with van der Waals surface area (Å²) in [4.78, 5) is 8.77. The van der Waals surface area contributed by atoms with Crippen molar-refractivity contribution in [2.75, 3.05) is 14.2 Å². The summed E-state index contributed by atoms with van der Waals surface area (Å²) >= 11 is 0. The Morgan fingerprint density at radius 1 is 1.21 bits per heavy atom. The van der Waals surface area contributed by atoms with Crippen LogP contribution in [0, 0.1) is 6.92 Å². The van der Waals surface area contributed by atoms with Crippen molar-refractivity contribution in [1.29, 1.82) is 0 Å². The van der Waals surface area contributed by atoms with Crippen molar-refractivity contribution in [1.82, 2.24) is 14.4 Å². The molecule has 0 fully saturated rings. The summed E-state index contributed by atoms with van der Waals surface area (Å²) in [6, 6.07) is 5.40. The Bertz CT molecular complexity index is 716. The average Bonchev–Trinajstić information content (AvgIpc) is 3.05. The lowest BCUT2D eigenvalue weighted by molar-refractivity contribution is 0.369. The van der Waals surface area contributed by atoms with Crippen LogP contribution < -0.4 is 9.47 Å². The lowest BCUT2D eigenvalue weighted by Gasteiger charge is -2.06. The molecule has 3 aromatic heterocycles. The molecule has 0 unspecified atom stereocenters. The zero-order valence-electron chi connectivity index (χ0n) is 10.9. The Hall–Kier alpha value is -2.50. The normalized spacial score (nSPS) is 10.9. The van der Waals surface area contributed by atoms with Gasteiger partial charge in [-0.05, 0) is 19.1 Å². The first-order chi connectivity index (χ1) is 9.24. The molecule has 0 aliphatic carbocycles. The maximum atomic E-state index is 5.38. The average molecular weight is 259 g/mol. The Kier molecular flexibility index (Phi) is 2.63. The highest BCUT2D eigenvalue weighted by Gasteiger charge is 2.17. The topological polar surface area (TPSA) is 61.8 Å². The van der Waals surface area contributed by atoms with Crippen molar-refractivity contribution < 1.29 is 13.9 Å². The molecule has 3 aromatic rings. The van der Waals surface area contributed by atoms with Crippen molar-refractivity contribution in [3.05, 3.63) is 30.2 Å². The fourth-order valence-corrected chi connectivity index (χ4v) is 2.03. The van der Waals surface area contributed by atoms with Crippen LogP contribution in [0.4, 0.5) is 0 Å². The van der Waals surface area contributed by atoms with E-state index >= 15 is 0 Å². The summed E-state index contributed by atoms with van der Waals surface area (Å²) in [6.07, 6.45) is 1.62. The van der Waals surface area contributed by atoms with Crippen LogP contribution in [-0.4, -0.2) is 28.6 Å². The number of hydrogen-bond acceptors (Lipinski definition) is 5. The fourth-order valence-electron chi connectivity index (χ4n) is 2.03. The van der Waals surface area contributed by atoms with E-state index in [0.717, 1.165) is 11.4 Å². The number of aryl methyl sites for hydroxylation is 1. The molecule has 0 aliphatic heterocycles. The van der Waals surface area contributed by atoms with Crippen LogP contribution in [0.2, 0.25) is 0 Å². The predicted molar refractivity (Wildman–Crippen MR) is 68.5 cm³/mol. The Morgan fingerprint density at radius 2 is 2.05 bits per heavy atom. The summed E-state index contributed by atoms with van der Waals surface area (Å²) in [7, 11) is 3.15. The van der Waals surface area contributed by atoms with E-state index in [-0.39, 0.29) is 0 Å². The third kappa shape index (κ3) is 1.72. The van der Waals surface area contributed by atoms with E-state index in [2.05, 4.69) is 9.97 Å². The molecule has 0 spiro atoms. The largest absolute Gasteiger partial charge is 0.482 e. The van der Waals surface area contributed by atoms with E-state index in [0.29, 0.717) is 23.3 Å². The van der Waals surface area contributed by atoms with Crippen molar-refractivity contribution in [3.63, 3.8) is 0 Å². The lowest BCUT2D eigenvalue weighted by Crippen LogP contribution is -1.99. The van der Waals surface area contributed by atoms with Gasteiger partial charge in [0.25, 0.3) is 0 Å². The van der Waals surface area contributed by atoms with Gasteiger partial charge >= 0.3 is 0 Å². The highest BCUT2D eigenvalue weighted by atomic mass is 16.5. The molecule has 0 radical (unpaired) electrons. The number of imidazole rings is 1. The molecule has 0 N–H and O–H groups in total. The minimum Gasteiger partial charge on any atom is -0.482 e. The lowest BCUT2D eigenvalue weighted by atomic mass is 10.3. The van der Waals surface area contributed by atoms with Gasteiger partial charge in [-0.3, -0.25) is 4.40 Å². The number of methoxy groups -OCH3 is 2. The van der Waals surface area contributed by atoms with Gasteiger partial charge in [0.2, 0.25) is 17.5 Å². The third-order valence-corrected chi connectivity index (χ3v) is 2.94. The number of nitrogens with zero attached hydrogens (tertiary/aromatic N) is 3. The summed E-state index contributed by atoms with van der Waals surface area (Å²) in [5.74, 6) is 2.29. The number of ether oxygens (including phenoxy) is 2. The highest BCUT2D eigenvalue weighted by Crippen LogP contribution is 2.28. The van der Waals surface area contributed by atoms with Gasteiger partial charge in [-0.15, -0.1) is 0 Å². The Labute approximate surface area is 109 Å². The molecule has 98 valence electrons. The first kappa shape index (κ1) is 11.6. The van der Waals surface area contributed by atoms with Gasteiger partial charge in [0.1, 0.15) is 5.69 Å². The van der Waals surface area contributed by atoms with Gasteiger partial charge < -0.3 is 13.9 Å². The van der Waals surface area contributed by atoms with E-state index in [4.69, 9.17) is 13.9 Å². The highest BCUT2D eigenvalue weighted by molar-refractivity contribution is 5.61. The standard InChI is InChI=1S/C13H13N3O3/c1-8-12(9-5-4-6-19-9)15-13-14-10(17-2)7-11(18-3)16(8)13/h4-7H,1-3H3. The first-order valence-electron chi connectivity index (χ1n) is 5.76. The van der Waals surface area contributed by atoms with Crippen LogP contribution in [-0.2, 0) is 0 Å². The van der Waals surface area contributed by atoms with Crippen molar-refractivity contribution in [3.8, 4) is 23.2 Å². The maximum Gasteiger partial charge on any atom is 0.240 e. The monoisotopic (exact) mass is 259 g/mol. The van der Waals surface area contributed by atoms with Gasteiger partial charge in [-0.25, -0.2) is 4.98 Å². The van der Waals surface area contributed by atoms with Crippen LogP contribution in [0.25, 0.3) is 17.2 Å². The van der Waals surface area contributed by atoms with E-state index in [1.165, 1.54) is 0 Å². The van der Waals surface area contributed by atoms with E-state index in [9.17, 15) is 0 Å². The quantitative estimate of drug-likeness (QED) is 0.722. The minimum atomic E-state index is 0.459. The van der Waals surface area contributed by atoms with Crippen LogP contribution in [0.1, 0.15) is 5.69 Å². The first-order valence-corrected chi connectivity index (χ1v) is 5.76. The zero-order valence-corrected chi connectivity index (χ0v) is 10.9. The minimum absolute atomic E-state index is 0.459. The number of hydrogen-bond donors (Lipinski definition) is 0. The molecule has 0 saturated heterocycles. The van der Waals surface area contributed by atoms with Crippen LogP contribution in [0.3, 0.4) is 0 Å². The Morgan fingerprint density at radius 3 is 2.68 bits per heavy atom. The number of furan rings is 1. The molecular weight excluding hydrogens is 246 g/mol. The van der Waals surface area contributed by atoms with Crippen molar-refractivity contribution in [2.45, 2.75) is 6.92 Å². The molecule has 0 atom stereocenters. The van der Waals surface area contributed by atoms with Gasteiger partial charge in [0, 0.05) is 0 Å². The number of rotatable bonds is 3.